The molecule has 1 aliphatic rings. The van der Waals surface area contributed by atoms with Crippen LogP contribution in [0.15, 0.2) is 24.3 Å². The predicted molar refractivity (Wildman–Crippen MR) is 67.1 cm³/mol. The molecule has 2 unspecified atom stereocenters. The Hall–Kier alpha value is -1.09. The van der Waals surface area contributed by atoms with E-state index in [-0.39, 0.29) is 11.5 Å². The van der Waals surface area contributed by atoms with E-state index < -0.39 is 6.17 Å². The third-order valence-corrected chi connectivity index (χ3v) is 3.60. The largest absolute Gasteiger partial charge is 0.497 e. The van der Waals surface area contributed by atoms with Crippen molar-refractivity contribution in [3.63, 3.8) is 0 Å². The minimum absolute atomic E-state index is 0.127. The molecular formula is C14H20FNO. The van der Waals surface area contributed by atoms with Crippen LogP contribution in [0.1, 0.15) is 37.7 Å². The highest BCUT2D eigenvalue weighted by atomic mass is 19.1. The molecule has 0 amide bonds. The van der Waals surface area contributed by atoms with Gasteiger partial charge in [0.05, 0.1) is 7.11 Å². The predicted octanol–water partition coefficient (Wildman–Crippen LogP) is 3.02. The topological polar surface area (TPSA) is 35.2 Å². The maximum Gasteiger partial charge on any atom is 0.119 e. The van der Waals surface area contributed by atoms with E-state index in [0.29, 0.717) is 0 Å². The molecule has 0 spiro atoms. The molecule has 94 valence electrons. The number of rotatable bonds is 5. The fourth-order valence-corrected chi connectivity index (χ4v) is 2.22. The minimum atomic E-state index is -0.886. The zero-order chi connectivity index (χ0) is 12.5. The van der Waals surface area contributed by atoms with E-state index in [1.54, 1.807) is 14.0 Å². The molecule has 0 bridgehead atoms. The van der Waals surface area contributed by atoms with E-state index in [1.807, 2.05) is 24.3 Å². The van der Waals surface area contributed by atoms with Crippen LogP contribution in [0.3, 0.4) is 0 Å². The first kappa shape index (κ1) is 12.4. The van der Waals surface area contributed by atoms with Crippen LogP contribution in [0.4, 0.5) is 4.39 Å². The molecule has 0 aliphatic heterocycles. The van der Waals surface area contributed by atoms with Gasteiger partial charge in [-0.2, -0.15) is 0 Å². The number of ether oxygens (including phenoxy) is 1. The number of halogens is 1. The van der Waals surface area contributed by atoms with Gasteiger partial charge in [-0.15, -0.1) is 0 Å². The summed E-state index contributed by atoms with van der Waals surface area (Å²) in [5.41, 5.74) is 6.95. The highest BCUT2D eigenvalue weighted by molar-refractivity contribution is 5.32. The summed E-state index contributed by atoms with van der Waals surface area (Å²) in [7, 11) is 1.62. The molecule has 2 rings (SSSR count). The lowest BCUT2D eigenvalue weighted by atomic mass is 9.88. The van der Waals surface area contributed by atoms with Gasteiger partial charge < -0.3 is 10.5 Å². The fourth-order valence-electron chi connectivity index (χ4n) is 2.22. The Balaban J connectivity index is 2.19. The van der Waals surface area contributed by atoms with Crippen molar-refractivity contribution in [3.8, 4) is 5.75 Å². The summed E-state index contributed by atoms with van der Waals surface area (Å²) < 4.78 is 18.9. The molecule has 2 nitrogen and oxygen atoms in total. The maximum atomic E-state index is 13.7. The second-order valence-electron chi connectivity index (χ2n) is 5.13. The Bertz CT molecular complexity index is 388. The van der Waals surface area contributed by atoms with Crippen molar-refractivity contribution in [1.29, 1.82) is 0 Å². The smallest absolute Gasteiger partial charge is 0.119 e. The number of hydrogen-bond acceptors (Lipinski definition) is 2. The fraction of sp³-hybridized carbons (Fsp3) is 0.571. The van der Waals surface area contributed by atoms with E-state index in [4.69, 9.17) is 10.5 Å². The van der Waals surface area contributed by atoms with Crippen molar-refractivity contribution in [2.24, 2.45) is 5.73 Å². The third kappa shape index (κ3) is 2.97. The Morgan fingerprint density at radius 2 is 2.18 bits per heavy atom. The molecule has 2 N–H and O–H groups in total. The Kier molecular flexibility index (Phi) is 3.38. The SMILES string of the molecule is COc1cccc(C(CC2(N)CC2)C(C)F)c1. The minimum Gasteiger partial charge on any atom is -0.497 e. The number of hydrogen-bond donors (Lipinski definition) is 1. The van der Waals surface area contributed by atoms with E-state index in [0.717, 1.165) is 30.6 Å². The normalized spacial score (nSPS) is 20.7. The lowest BCUT2D eigenvalue weighted by Gasteiger charge is -2.22. The maximum absolute atomic E-state index is 13.7. The van der Waals surface area contributed by atoms with E-state index >= 15 is 0 Å². The van der Waals surface area contributed by atoms with Gasteiger partial charge in [-0.05, 0) is 43.9 Å². The number of methoxy groups -OCH3 is 1. The van der Waals surface area contributed by atoms with Crippen molar-refractivity contribution in [1.82, 2.24) is 0 Å². The Morgan fingerprint density at radius 3 is 2.71 bits per heavy atom. The van der Waals surface area contributed by atoms with Gasteiger partial charge in [-0.3, -0.25) is 0 Å². The average Bonchev–Trinajstić information content (AvgIpc) is 3.04. The first-order valence-electron chi connectivity index (χ1n) is 6.11. The van der Waals surface area contributed by atoms with E-state index in [9.17, 15) is 4.39 Å². The van der Waals surface area contributed by atoms with Gasteiger partial charge in [-0.25, -0.2) is 4.39 Å². The summed E-state index contributed by atoms with van der Waals surface area (Å²) in [5.74, 6) is 0.646. The molecule has 0 radical (unpaired) electrons. The zero-order valence-electron chi connectivity index (χ0n) is 10.4. The number of benzene rings is 1. The van der Waals surface area contributed by atoms with E-state index in [1.165, 1.54) is 0 Å². The van der Waals surface area contributed by atoms with Gasteiger partial charge >= 0.3 is 0 Å². The second-order valence-corrected chi connectivity index (χ2v) is 5.13. The summed E-state index contributed by atoms with van der Waals surface area (Å²) in [6, 6.07) is 7.64. The van der Waals surface area contributed by atoms with Crippen LogP contribution in [0, 0.1) is 0 Å². The number of alkyl halides is 1. The molecule has 2 atom stereocenters. The number of nitrogens with two attached hydrogens (primary N) is 1. The summed E-state index contributed by atoms with van der Waals surface area (Å²) >= 11 is 0. The molecule has 1 saturated carbocycles. The van der Waals surface area contributed by atoms with Gasteiger partial charge in [0.25, 0.3) is 0 Å². The van der Waals surface area contributed by atoms with Gasteiger partial charge in [0.2, 0.25) is 0 Å². The van der Waals surface area contributed by atoms with Gasteiger partial charge in [0.15, 0.2) is 0 Å². The lowest BCUT2D eigenvalue weighted by molar-refractivity contribution is 0.280. The quantitative estimate of drug-likeness (QED) is 0.854. The summed E-state index contributed by atoms with van der Waals surface area (Å²) in [6.07, 6.45) is 1.86. The molecule has 1 aromatic rings. The summed E-state index contributed by atoms with van der Waals surface area (Å²) in [4.78, 5) is 0. The van der Waals surface area contributed by atoms with Gasteiger partial charge in [-0.1, -0.05) is 12.1 Å². The first-order valence-corrected chi connectivity index (χ1v) is 6.11. The van der Waals surface area contributed by atoms with Crippen molar-refractivity contribution in [2.75, 3.05) is 7.11 Å². The first-order chi connectivity index (χ1) is 8.04. The molecule has 0 aromatic heterocycles. The zero-order valence-corrected chi connectivity index (χ0v) is 10.4. The molecule has 0 saturated heterocycles. The van der Waals surface area contributed by atoms with Crippen molar-refractivity contribution >= 4 is 0 Å². The summed E-state index contributed by atoms with van der Waals surface area (Å²) in [5, 5.41) is 0. The Labute approximate surface area is 102 Å². The van der Waals surface area contributed by atoms with Crippen LogP contribution >= 0.6 is 0 Å². The molecule has 17 heavy (non-hydrogen) atoms. The van der Waals surface area contributed by atoms with Crippen LogP contribution in [0.25, 0.3) is 0 Å². The van der Waals surface area contributed by atoms with Crippen molar-refractivity contribution in [2.45, 2.75) is 43.8 Å². The third-order valence-electron chi connectivity index (χ3n) is 3.60. The molecule has 0 heterocycles. The average molecular weight is 237 g/mol. The van der Waals surface area contributed by atoms with Crippen molar-refractivity contribution in [3.05, 3.63) is 29.8 Å². The molecule has 1 aromatic carbocycles. The monoisotopic (exact) mass is 237 g/mol. The van der Waals surface area contributed by atoms with Crippen LogP contribution in [-0.4, -0.2) is 18.8 Å². The highest BCUT2D eigenvalue weighted by Gasteiger charge is 2.41. The van der Waals surface area contributed by atoms with Gasteiger partial charge in [0.1, 0.15) is 11.9 Å². The van der Waals surface area contributed by atoms with E-state index in [2.05, 4.69) is 0 Å². The molecule has 3 heteroatoms. The second kappa shape index (κ2) is 4.65. The standard InChI is InChI=1S/C14H20FNO/c1-10(15)13(9-14(16)6-7-14)11-4-3-5-12(8-11)17-2/h3-5,8,10,13H,6-7,9,16H2,1-2H3. The molecule has 1 fully saturated rings. The molecule has 1 aliphatic carbocycles. The van der Waals surface area contributed by atoms with Crippen LogP contribution in [0.2, 0.25) is 0 Å². The summed E-state index contributed by atoms with van der Waals surface area (Å²) in [6.45, 7) is 1.61. The Morgan fingerprint density at radius 1 is 1.47 bits per heavy atom. The van der Waals surface area contributed by atoms with Crippen LogP contribution in [-0.2, 0) is 0 Å². The van der Waals surface area contributed by atoms with Gasteiger partial charge in [0, 0.05) is 11.5 Å². The van der Waals surface area contributed by atoms with Crippen LogP contribution < -0.4 is 10.5 Å². The lowest BCUT2D eigenvalue weighted by Crippen LogP contribution is -2.27. The van der Waals surface area contributed by atoms with Crippen LogP contribution in [0.5, 0.6) is 5.75 Å². The molecular weight excluding hydrogens is 217 g/mol. The highest BCUT2D eigenvalue weighted by Crippen LogP contribution is 2.43. The van der Waals surface area contributed by atoms with Crippen molar-refractivity contribution < 1.29 is 9.13 Å².